The first kappa shape index (κ1) is 9.54. The van der Waals surface area contributed by atoms with Gasteiger partial charge in [0.05, 0.1) is 0 Å². The largest absolute Gasteiger partial charge is 0.369 e. The molecule has 0 saturated heterocycles. The van der Waals surface area contributed by atoms with Gasteiger partial charge in [0.25, 0.3) is 0 Å². The molecule has 13 heavy (non-hydrogen) atoms. The molecular formula is C9H14N4. The van der Waals surface area contributed by atoms with Crippen LogP contribution >= 0.6 is 0 Å². The fourth-order valence-electron chi connectivity index (χ4n) is 1.01. The zero-order valence-electron chi connectivity index (χ0n) is 7.40. The lowest BCUT2D eigenvalue weighted by Gasteiger charge is -2.15. The van der Waals surface area contributed by atoms with Crippen molar-refractivity contribution in [3.05, 3.63) is 35.9 Å². The van der Waals surface area contributed by atoms with E-state index < -0.39 is 0 Å². The highest BCUT2D eigenvalue weighted by Gasteiger charge is 1.99. The molecule has 0 spiro atoms. The van der Waals surface area contributed by atoms with Crippen molar-refractivity contribution in [2.45, 2.75) is 6.42 Å². The number of nitrogens with one attached hydrogen (secondary N) is 1. The number of guanidine groups is 1. The molecule has 0 fully saturated rings. The average molecular weight is 178 g/mol. The minimum Gasteiger partial charge on any atom is -0.369 e. The molecule has 0 aliphatic carbocycles. The molecule has 70 valence electrons. The summed E-state index contributed by atoms with van der Waals surface area (Å²) in [5.41, 5.74) is 6.38. The van der Waals surface area contributed by atoms with Crippen LogP contribution in [-0.4, -0.2) is 17.5 Å². The van der Waals surface area contributed by atoms with Crippen molar-refractivity contribution in [3.8, 4) is 0 Å². The van der Waals surface area contributed by atoms with E-state index in [9.17, 15) is 0 Å². The Balaban J connectivity index is 2.39. The number of nitrogens with zero attached hydrogens (tertiary/aromatic N) is 1. The van der Waals surface area contributed by atoms with Crippen LogP contribution in [0.3, 0.4) is 0 Å². The smallest absolute Gasteiger partial charge is 0.202 e. The summed E-state index contributed by atoms with van der Waals surface area (Å²) in [6.45, 7) is 0.569. The van der Waals surface area contributed by atoms with Crippen LogP contribution in [0.1, 0.15) is 5.56 Å². The molecule has 0 aromatic heterocycles. The minimum atomic E-state index is -0.101. The van der Waals surface area contributed by atoms with Gasteiger partial charge < -0.3 is 5.73 Å². The van der Waals surface area contributed by atoms with Crippen LogP contribution in [0.5, 0.6) is 0 Å². The van der Waals surface area contributed by atoms with Gasteiger partial charge in [0, 0.05) is 6.54 Å². The van der Waals surface area contributed by atoms with Crippen molar-refractivity contribution in [1.82, 2.24) is 5.01 Å². The van der Waals surface area contributed by atoms with Crippen molar-refractivity contribution in [2.24, 2.45) is 11.6 Å². The third kappa shape index (κ3) is 3.13. The Morgan fingerprint density at radius 3 is 2.46 bits per heavy atom. The van der Waals surface area contributed by atoms with Crippen LogP contribution in [0.4, 0.5) is 0 Å². The molecule has 0 radical (unpaired) electrons. The summed E-state index contributed by atoms with van der Waals surface area (Å²) in [7, 11) is 0. The monoisotopic (exact) mass is 178 g/mol. The predicted molar refractivity (Wildman–Crippen MR) is 53.0 cm³/mol. The van der Waals surface area contributed by atoms with E-state index >= 15 is 0 Å². The van der Waals surface area contributed by atoms with Gasteiger partial charge in [-0.1, -0.05) is 30.3 Å². The van der Waals surface area contributed by atoms with Crippen LogP contribution in [0.15, 0.2) is 30.3 Å². The van der Waals surface area contributed by atoms with Gasteiger partial charge in [-0.25, -0.2) is 5.84 Å². The SMILES string of the molecule is N=C(N)N(N)CCc1ccccc1. The first-order valence-electron chi connectivity index (χ1n) is 4.10. The van der Waals surface area contributed by atoms with Crippen molar-refractivity contribution in [3.63, 3.8) is 0 Å². The standard InChI is InChI=1S/C9H14N4/c10-9(11)13(12)7-6-8-4-2-1-3-5-8/h1-5H,6-7,12H2,(H3,10,11). The molecule has 1 aromatic rings. The number of benzene rings is 1. The van der Waals surface area contributed by atoms with Crippen LogP contribution in [0, 0.1) is 5.41 Å². The number of hydrazine groups is 1. The maximum atomic E-state index is 7.04. The zero-order chi connectivity index (χ0) is 9.68. The van der Waals surface area contributed by atoms with E-state index in [1.807, 2.05) is 30.3 Å². The van der Waals surface area contributed by atoms with Crippen molar-refractivity contribution < 1.29 is 0 Å². The first-order valence-corrected chi connectivity index (χ1v) is 4.10. The Hall–Kier alpha value is -1.55. The van der Waals surface area contributed by atoms with Crippen LogP contribution in [0.2, 0.25) is 0 Å². The molecule has 4 nitrogen and oxygen atoms in total. The van der Waals surface area contributed by atoms with Crippen molar-refractivity contribution in [2.75, 3.05) is 6.54 Å². The van der Waals surface area contributed by atoms with E-state index in [2.05, 4.69) is 0 Å². The van der Waals surface area contributed by atoms with E-state index in [0.29, 0.717) is 6.54 Å². The normalized spacial score (nSPS) is 9.62. The number of hydrogen-bond acceptors (Lipinski definition) is 2. The van der Waals surface area contributed by atoms with E-state index in [1.54, 1.807) is 0 Å². The molecule has 0 aliphatic heterocycles. The van der Waals surface area contributed by atoms with Gasteiger partial charge in [-0.2, -0.15) is 0 Å². The second kappa shape index (κ2) is 4.47. The van der Waals surface area contributed by atoms with E-state index in [4.69, 9.17) is 17.0 Å². The van der Waals surface area contributed by atoms with Gasteiger partial charge in [-0.05, 0) is 12.0 Å². The van der Waals surface area contributed by atoms with Gasteiger partial charge in [-0.3, -0.25) is 10.4 Å². The molecule has 0 amide bonds. The Labute approximate surface area is 77.6 Å². The highest BCUT2D eigenvalue weighted by Crippen LogP contribution is 1.99. The molecule has 0 heterocycles. The molecule has 0 saturated carbocycles. The quantitative estimate of drug-likeness (QED) is 0.269. The molecule has 4 heteroatoms. The van der Waals surface area contributed by atoms with Gasteiger partial charge in [0.2, 0.25) is 5.96 Å². The number of rotatable bonds is 3. The summed E-state index contributed by atoms with van der Waals surface area (Å²) in [5, 5.41) is 8.27. The first-order chi connectivity index (χ1) is 6.20. The lowest BCUT2D eigenvalue weighted by molar-refractivity contribution is 0.436. The molecule has 0 atom stereocenters. The minimum absolute atomic E-state index is 0.101. The van der Waals surface area contributed by atoms with Crippen molar-refractivity contribution in [1.29, 1.82) is 5.41 Å². The van der Waals surface area contributed by atoms with E-state index in [0.717, 1.165) is 6.42 Å². The number of nitrogens with two attached hydrogens (primary N) is 2. The Morgan fingerprint density at radius 2 is 1.92 bits per heavy atom. The summed E-state index contributed by atoms with van der Waals surface area (Å²) < 4.78 is 0. The highest BCUT2D eigenvalue weighted by atomic mass is 15.4. The van der Waals surface area contributed by atoms with Crippen LogP contribution in [-0.2, 0) is 6.42 Å². The summed E-state index contributed by atoms with van der Waals surface area (Å²) in [6, 6.07) is 9.96. The van der Waals surface area contributed by atoms with Gasteiger partial charge in [0.15, 0.2) is 0 Å². The summed E-state index contributed by atoms with van der Waals surface area (Å²) in [5.74, 6) is 5.35. The molecule has 0 aliphatic rings. The second-order valence-electron chi connectivity index (χ2n) is 2.81. The maximum absolute atomic E-state index is 7.04. The Kier molecular flexibility index (Phi) is 3.28. The van der Waals surface area contributed by atoms with Gasteiger partial charge >= 0.3 is 0 Å². The lowest BCUT2D eigenvalue weighted by atomic mass is 10.1. The third-order valence-electron chi connectivity index (χ3n) is 1.79. The molecule has 0 bridgehead atoms. The van der Waals surface area contributed by atoms with Crippen molar-refractivity contribution >= 4 is 5.96 Å². The maximum Gasteiger partial charge on any atom is 0.202 e. The van der Waals surface area contributed by atoms with Crippen LogP contribution < -0.4 is 11.6 Å². The molecule has 5 N–H and O–H groups in total. The Bertz CT molecular complexity index is 270. The fraction of sp³-hybridized carbons (Fsp3) is 0.222. The zero-order valence-corrected chi connectivity index (χ0v) is 7.40. The number of hydrogen-bond donors (Lipinski definition) is 3. The van der Waals surface area contributed by atoms with Gasteiger partial charge in [0.1, 0.15) is 0 Å². The Morgan fingerprint density at radius 1 is 1.31 bits per heavy atom. The summed E-state index contributed by atoms with van der Waals surface area (Å²) in [6.07, 6.45) is 0.802. The molecular weight excluding hydrogens is 164 g/mol. The van der Waals surface area contributed by atoms with Crippen LogP contribution in [0.25, 0.3) is 0 Å². The average Bonchev–Trinajstić information content (AvgIpc) is 2.15. The lowest BCUT2D eigenvalue weighted by Crippen LogP contribution is -2.43. The molecule has 1 aromatic carbocycles. The second-order valence-corrected chi connectivity index (χ2v) is 2.81. The summed E-state index contributed by atoms with van der Waals surface area (Å²) >= 11 is 0. The topological polar surface area (TPSA) is 79.1 Å². The van der Waals surface area contributed by atoms with Gasteiger partial charge in [-0.15, -0.1) is 0 Å². The molecule has 1 rings (SSSR count). The highest BCUT2D eigenvalue weighted by molar-refractivity contribution is 5.73. The summed E-state index contributed by atoms with van der Waals surface area (Å²) in [4.78, 5) is 0. The van der Waals surface area contributed by atoms with E-state index in [1.165, 1.54) is 10.6 Å². The predicted octanol–water partition coefficient (Wildman–Crippen LogP) is 0.298. The van der Waals surface area contributed by atoms with E-state index in [-0.39, 0.29) is 5.96 Å². The molecule has 0 unspecified atom stereocenters. The fourth-order valence-corrected chi connectivity index (χ4v) is 1.01. The third-order valence-corrected chi connectivity index (χ3v) is 1.79.